The van der Waals surface area contributed by atoms with Crippen molar-refractivity contribution in [2.75, 3.05) is 13.6 Å². The molecule has 1 aliphatic rings. The van der Waals surface area contributed by atoms with Gasteiger partial charge < -0.3 is 10.2 Å². The second kappa shape index (κ2) is 7.81. The van der Waals surface area contributed by atoms with Gasteiger partial charge in [0.15, 0.2) is 5.69 Å². The van der Waals surface area contributed by atoms with E-state index in [-0.39, 0.29) is 24.4 Å². The van der Waals surface area contributed by atoms with Crippen LogP contribution in [0.4, 0.5) is 0 Å². The largest absolute Gasteiger partial charge is 0.337 e. The molecule has 0 saturated heterocycles. The Morgan fingerprint density at radius 3 is 2.75 bits per heavy atom. The molecule has 0 bridgehead atoms. The van der Waals surface area contributed by atoms with E-state index in [2.05, 4.69) is 53.6 Å². The predicted octanol–water partition coefficient (Wildman–Crippen LogP) is 2.49. The lowest BCUT2D eigenvalue weighted by Gasteiger charge is -2.25. The Hall–Kier alpha value is -1.85. The first-order valence-corrected chi connectivity index (χ1v) is 8.16. The molecule has 6 heteroatoms. The van der Waals surface area contributed by atoms with Crippen LogP contribution in [-0.4, -0.2) is 40.6 Å². The Morgan fingerprint density at radius 1 is 1.33 bits per heavy atom. The molecule has 2 N–H and O–H groups in total. The minimum atomic E-state index is -0.00851. The van der Waals surface area contributed by atoms with Gasteiger partial charge in [-0.25, -0.2) is 0 Å². The summed E-state index contributed by atoms with van der Waals surface area (Å²) in [5, 5.41) is 10.6. The first kappa shape index (κ1) is 18.5. The van der Waals surface area contributed by atoms with Crippen molar-refractivity contribution in [2.24, 2.45) is 0 Å². The van der Waals surface area contributed by atoms with E-state index in [1.165, 1.54) is 11.1 Å². The minimum absolute atomic E-state index is 0. The highest BCUT2D eigenvalue weighted by Crippen LogP contribution is 2.18. The normalized spacial score (nSPS) is 14.5. The molecule has 0 spiro atoms. The Morgan fingerprint density at radius 2 is 2.04 bits per heavy atom. The molecule has 0 fully saturated rings. The Kier molecular flexibility index (Phi) is 6.02. The zero-order valence-corrected chi connectivity index (χ0v) is 15.2. The van der Waals surface area contributed by atoms with Gasteiger partial charge in [-0.05, 0) is 25.8 Å². The van der Waals surface area contributed by atoms with E-state index < -0.39 is 0 Å². The third-order valence-corrected chi connectivity index (χ3v) is 4.64. The summed E-state index contributed by atoms with van der Waals surface area (Å²) >= 11 is 0. The summed E-state index contributed by atoms with van der Waals surface area (Å²) < 4.78 is 0. The first-order chi connectivity index (χ1) is 11.1. The van der Waals surface area contributed by atoms with Gasteiger partial charge in [0.1, 0.15) is 0 Å². The number of fused-ring (bicyclic) bond motifs is 1. The predicted molar refractivity (Wildman–Crippen MR) is 97.7 cm³/mol. The van der Waals surface area contributed by atoms with E-state index in [1.54, 1.807) is 4.90 Å². The van der Waals surface area contributed by atoms with Crippen LogP contribution in [0.3, 0.4) is 0 Å². The average Bonchev–Trinajstić information content (AvgIpc) is 2.99. The second-order valence-corrected chi connectivity index (χ2v) is 6.41. The second-order valence-electron chi connectivity index (χ2n) is 6.41. The van der Waals surface area contributed by atoms with Crippen molar-refractivity contribution in [1.29, 1.82) is 0 Å². The summed E-state index contributed by atoms with van der Waals surface area (Å²) in [5.74, 6) is -0.00851. The van der Waals surface area contributed by atoms with Crippen LogP contribution in [0.2, 0.25) is 0 Å². The van der Waals surface area contributed by atoms with Crippen molar-refractivity contribution in [1.82, 2.24) is 20.4 Å². The van der Waals surface area contributed by atoms with Crippen LogP contribution in [0.15, 0.2) is 24.3 Å². The van der Waals surface area contributed by atoms with Crippen molar-refractivity contribution in [3.8, 4) is 0 Å². The van der Waals surface area contributed by atoms with Crippen molar-refractivity contribution in [3.63, 3.8) is 0 Å². The zero-order chi connectivity index (χ0) is 16.4. The van der Waals surface area contributed by atoms with Gasteiger partial charge in [-0.15, -0.1) is 12.4 Å². The molecule has 1 aliphatic heterocycles. The van der Waals surface area contributed by atoms with Crippen molar-refractivity contribution in [2.45, 2.75) is 39.3 Å². The molecule has 1 unspecified atom stereocenters. The number of aromatic amines is 1. The molecule has 0 radical (unpaired) electrons. The first-order valence-electron chi connectivity index (χ1n) is 8.16. The molecule has 2 aromatic rings. The van der Waals surface area contributed by atoms with Gasteiger partial charge in [-0.1, -0.05) is 29.8 Å². The van der Waals surface area contributed by atoms with Crippen LogP contribution in [0.5, 0.6) is 0 Å². The highest BCUT2D eigenvalue weighted by atomic mass is 35.5. The fraction of sp³-hybridized carbons (Fsp3) is 0.444. The van der Waals surface area contributed by atoms with E-state index >= 15 is 0 Å². The molecule has 24 heavy (non-hydrogen) atoms. The van der Waals surface area contributed by atoms with E-state index in [0.717, 1.165) is 30.6 Å². The van der Waals surface area contributed by atoms with Crippen LogP contribution in [0, 0.1) is 6.92 Å². The maximum absolute atomic E-state index is 12.8. The lowest BCUT2D eigenvalue weighted by molar-refractivity contribution is 0.0736. The molecular weight excluding hydrogens is 324 g/mol. The number of hydrogen-bond donors (Lipinski definition) is 2. The Bertz CT molecular complexity index is 696. The van der Waals surface area contributed by atoms with Crippen LogP contribution in [-0.2, 0) is 19.4 Å². The summed E-state index contributed by atoms with van der Waals surface area (Å²) in [6.07, 6.45) is 1.74. The number of nitrogens with zero attached hydrogens (tertiary/aromatic N) is 2. The number of nitrogens with one attached hydrogen (secondary N) is 2. The molecule has 1 aromatic heterocycles. The van der Waals surface area contributed by atoms with Crippen molar-refractivity contribution >= 4 is 18.3 Å². The summed E-state index contributed by atoms with van der Waals surface area (Å²) in [5.41, 5.74) is 5.17. The van der Waals surface area contributed by atoms with Gasteiger partial charge in [0.25, 0.3) is 5.91 Å². The molecule has 5 nitrogen and oxygen atoms in total. The molecule has 1 atom stereocenters. The number of halogens is 1. The quantitative estimate of drug-likeness (QED) is 0.892. The van der Waals surface area contributed by atoms with Gasteiger partial charge in [-0.3, -0.25) is 9.89 Å². The number of rotatable bonds is 4. The molecule has 1 amide bonds. The Balaban J connectivity index is 0.00000208. The standard InChI is InChI=1S/C18H24N4O.ClH/c1-12-4-6-14(7-5-12)10-13(2)22(3)18(23)17-15-11-19-9-8-16(15)20-21-17;/h4-7,13,19H,8-11H2,1-3H3,(H,20,21);1H. The zero-order valence-electron chi connectivity index (χ0n) is 14.4. The van der Waals surface area contributed by atoms with Crippen LogP contribution in [0.25, 0.3) is 0 Å². The smallest absolute Gasteiger partial charge is 0.274 e. The number of aromatic nitrogens is 2. The van der Waals surface area contributed by atoms with E-state index in [0.29, 0.717) is 12.2 Å². The highest BCUT2D eigenvalue weighted by molar-refractivity contribution is 5.94. The van der Waals surface area contributed by atoms with Crippen LogP contribution >= 0.6 is 12.4 Å². The summed E-state index contributed by atoms with van der Waals surface area (Å²) in [7, 11) is 1.86. The number of carbonyl (C=O) groups excluding carboxylic acids is 1. The summed E-state index contributed by atoms with van der Waals surface area (Å²) in [6, 6.07) is 8.60. The number of hydrogen-bond acceptors (Lipinski definition) is 3. The Labute approximate surface area is 149 Å². The third kappa shape index (κ3) is 3.79. The highest BCUT2D eigenvalue weighted by Gasteiger charge is 2.26. The van der Waals surface area contributed by atoms with Gasteiger partial charge in [0.05, 0.1) is 0 Å². The van der Waals surface area contributed by atoms with Crippen molar-refractivity contribution < 1.29 is 4.79 Å². The number of aryl methyl sites for hydroxylation is 1. The SMILES string of the molecule is Cc1ccc(CC(C)N(C)C(=O)c2n[nH]c3c2CNCC3)cc1.Cl. The summed E-state index contributed by atoms with van der Waals surface area (Å²) in [6.45, 7) is 5.81. The van der Waals surface area contributed by atoms with E-state index in [9.17, 15) is 4.79 Å². The number of H-pyrrole nitrogens is 1. The topological polar surface area (TPSA) is 61.0 Å². The molecule has 130 valence electrons. The van der Waals surface area contributed by atoms with Crippen LogP contribution < -0.4 is 5.32 Å². The van der Waals surface area contributed by atoms with Gasteiger partial charge in [-0.2, -0.15) is 5.10 Å². The fourth-order valence-corrected chi connectivity index (χ4v) is 2.97. The lowest BCUT2D eigenvalue weighted by Crippen LogP contribution is -2.37. The third-order valence-electron chi connectivity index (χ3n) is 4.64. The summed E-state index contributed by atoms with van der Waals surface area (Å²) in [4.78, 5) is 14.6. The van der Waals surface area contributed by atoms with E-state index in [1.807, 2.05) is 7.05 Å². The van der Waals surface area contributed by atoms with Gasteiger partial charge in [0.2, 0.25) is 0 Å². The molecule has 2 heterocycles. The van der Waals surface area contributed by atoms with Gasteiger partial charge in [0, 0.05) is 43.9 Å². The number of amides is 1. The fourth-order valence-electron chi connectivity index (χ4n) is 2.97. The number of benzene rings is 1. The molecule has 3 rings (SSSR count). The average molecular weight is 349 g/mol. The monoisotopic (exact) mass is 348 g/mol. The molecule has 0 saturated carbocycles. The number of carbonyl (C=O) groups is 1. The maximum atomic E-state index is 12.8. The number of likely N-dealkylation sites (N-methyl/N-ethyl adjacent to an activating group) is 1. The lowest BCUT2D eigenvalue weighted by atomic mass is 10.0. The minimum Gasteiger partial charge on any atom is -0.337 e. The van der Waals surface area contributed by atoms with Crippen molar-refractivity contribution in [3.05, 3.63) is 52.3 Å². The van der Waals surface area contributed by atoms with Crippen LogP contribution in [0.1, 0.15) is 39.8 Å². The molecule has 1 aromatic carbocycles. The maximum Gasteiger partial charge on any atom is 0.274 e. The molecule has 0 aliphatic carbocycles. The van der Waals surface area contributed by atoms with Gasteiger partial charge >= 0.3 is 0 Å². The van der Waals surface area contributed by atoms with E-state index in [4.69, 9.17) is 0 Å². The molecular formula is C18H25ClN4O.